The van der Waals surface area contributed by atoms with Gasteiger partial charge in [0, 0.05) is 28.7 Å². The van der Waals surface area contributed by atoms with E-state index in [2.05, 4.69) is 54.2 Å². The van der Waals surface area contributed by atoms with Crippen LogP contribution in [0.3, 0.4) is 0 Å². The summed E-state index contributed by atoms with van der Waals surface area (Å²) in [5.74, 6) is 0.113. The Bertz CT molecular complexity index is 1050. The number of halogens is 1. The molecule has 3 nitrogen and oxygen atoms in total. The van der Waals surface area contributed by atoms with Gasteiger partial charge in [-0.3, -0.25) is 0 Å². The number of thiocarbonyl (C=S) groups is 1. The van der Waals surface area contributed by atoms with Gasteiger partial charge in [0.15, 0.2) is 23.1 Å². The van der Waals surface area contributed by atoms with Crippen LogP contribution in [0.5, 0.6) is 0 Å². The van der Waals surface area contributed by atoms with Crippen LogP contribution in [0.15, 0.2) is 83.6 Å². The van der Waals surface area contributed by atoms with Crippen LogP contribution < -0.4 is 9.88 Å². The average molecular weight is 482 g/mol. The number of aromatic nitrogens is 1. The molecule has 0 saturated heterocycles. The number of nitrogens with one attached hydrogen (secondary N) is 1. The van der Waals surface area contributed by atoms with Gasteiger partial charge in [-0.05, 0) is 28.7 Å². The van der Waals surface area contributed by atoms with Crippen LogP contribution in [0.1, 0.15) is 37.5 Å². The van der Waals surface area contributed by atoms with Gasteiger partial charge in [-0.1, -0.05) is 91.4 Å². The molecule has 0 unspecified atom stereocenters. The zero-order valence-corrected chi connectivity index (χ0v) is 19.8. The second kappa shape index (κ2) is 9.54. The van der Waals surface area contributed by atoms with Crippen molar-refractivity contribution in [1.29, 1.82) is 0 Å². The molecule has 2 N–H and O–H groups in total. The monoisotopic (exact) mass is 481 g/mol. The number of aliphatic hydroxyl groups excluding tert-OH is 1. The number of benzene rings is 2. The van der Waals surface area contributed by atoms with Crippen molar-refractivity contribution in [3.05, 3.63) is 100 Å². The molecule has 1 aromatic heterocycles. The molecule has 0 aliphatic rings. The highest BCUT2D eigenvalue weighted by Crippen LogP contribution is 2.26. The highest BCUT2D eigenvalue weighted by Gasteiger charge is 2.25. The lowest BCUT2D eigenvalue weighted by Crippen LogP contribution is -2.41. The summed E-state index contributed by atoms with van der Waals surface area (Å²) in [6.45, 7) is 7.10. The van der Waals surface area contributed by atoms with Crippen LogP contribution in [0, 0.1) is 0 Å². The maximum absolute atomic E-state index is 11.2. The lowest BCUT2D eigenvalue weighted by molar-refractivity contribution is -0.576. The van der Waals surface area contributed by atoms with E-state index < -0.39 is 0 Å². The average Bonchev–Trinajstić information content (AvgIpc) is 2.73. The van der Waals surface area contributed by atoms with E-state index in [1.165, 1.54) is 5.56 Å². The molecule has 30 heavy (non-hydrogen) atoms. The van der Waals surface area contributed by atoms with Gasteiger partial charge in [0.2, 0.25) is 0 Å². The molecule has 5 heteroatoms. The molecule has 0 bridgehead atoms. The fraction of sp³-hybridized carbons (Fsp3) is 0.200. The number of nitrogens with zero attached hydrogens (tertiary/aromatic N) is 1. The van der Waals surface area contributed by atoms with Crippen molar-refractivity contribution in [2.24, 2.45) is 0 Å². The zero-order chi connectivity index (χ0) is 21.7. The highest BCUT2D eigenvalue weighted by molar-refractivity contribution is 9.10. The molecule has 3 aromatic rings. The van der Waals surface area contributed by atoms with Crippen LogP contribution in [0.4, 0.5) is 0 Å². The Morgan fingerprint density at radius 1 is 0.967 bits per heavy atom. The molecule has 0 fully saturated rings. The van der Waals surface area contributed by atoms with E-state index in [4.69, 9.17) is 12.2 Å². The van der Waals surface area contributed by atoms with E-state index in [-0.39, 0.29) is 11.2 Å². The van der Waals surface area contributed by atoms with Crippen molar-refractivity contribution in [1.82, 2.24) is 5.32 Å². The second-order valence-electron chi connectivity index (χ2n) is 8.09. The molecular weight excluding hydrogens is 456 g/mol. The predicted octanol–water partition coefficient (Wildman–Crippen LogP) is 6.04. The van der Waals surface area contributed by atoms with Gasteiger partial charge in [0.25, 0.3) is 5.70 Å². The zero-order valence-electron chi connectivity index (χ0n) is 17.4. The molecule has 1 heterocycles. The Morgan fingerprint density at radius 2 is 1.57 bits per heavy atom. The third kappa shape index (κ3) is 5.35. The smallest absolute Gasteiger partial charge is 0.288 e. The molecule has 3 rings (SSSR count). The summed E-state index contributed by atoms with van der Waals surface area (Å²) in [6, 6.07) is 21.7. The van der Waals surface area contributed by atoms with E-state index >= 15 is 0 Å². The van der Waals surface area contributed by atoms with Crippen molar-refractivity contribution in [2.45, 2.75) is 32.7 Å². The summed E-state index contributed by atoms with van der Waals surface area (Å²) in [5, 5.41) is 14.5. The summed E-state index contributed by atoms with van der Waals surface area (Å²) in [6.07, 6.45) is 3.89. The van der Waals surface area contributed by atoms with Gasteiger partial charge in [-0.25, -0.2) is 0 Å². The van der Waals surface area contributed by atoms with Crippen LogP contribution in [0.2, 0.25) is 0 Å². The molecule has 0 spiro atoms. The molecule has 0 atom stereocenters. The fourth-order valence-corrected chi connectivity index (χ4v) is 3.81. The SMILES string of the molecule is CC(C)(C)c1cc[n+](/C(C(=S)NCc2ccccc2)=C(/O)c2ccccc2Br)cc1. The summed E-state index contributed by atoms with van der Waals surface area (Å²) in [4.78, 5) is 0.473. The van der Waals surface area contributed by atoms with Crippen molar-refractivity contribution < 1.29 is 9.67 Å². The van der Waals surface area contributed by atoms with Crippen molar-refractivity contribution in [2.75, 3.05) is 0 Å². The molecule has 0 aliphatic carbocycles. The Labute approximate surface area is 192 Å². The van der Waals surface area contributed by atoms with Gasteiger partial charge in [-0.15, -0.1) is 0 Å². The number of hydrogen-bond donors (Lipinski definition) is 2. The summed E-state index contributed by atoms with van der Waals surface area (Å²) >= 11 is 9.25. The predicted molar refractivity (Wildman–Crippen MR) is 131 cm³/mol. The minimum Gasteiger partial charge on any atom is -0.502 e. The second-order valence-corrected chi connectivity index (χ2v) is 9.35. The number of rotatable bonds is 5. The number of hydrogen-bond acceptors (Lipinski definition) is 2. The minimum atomic E-state index is 0.0412. The lowest BCUT2D eigenvalue weighted by atomic mass is 9.88. The van der Waals surface area contributed by atoms with Crippen LogP contribution in [-0.4, -0.2) is 10.1 Å². The van der Waals surface area contributed by atoms with Gasteiger partial charge >= 0.3 is 0 Å². The Balaban J connectivity index is 2.01. The van der Waals surface area contributed by atoms with E-state index in [0.717, 1.165) is 10.0 Å². The molecule has 0 radical (unpaired) electrons. The maximum atomic E-state index is 11.2. The lowest BCUT2D eigenvalue weighted by Gasteiger charge is -2.18. The Kier molecular flexibility index (Phi) is 7.06. The first kappa shape index (κ1) is 22.2. The topological polar surface area (TPSA) is 36.1 Å². The summed E-state index contributed by atoms with van der Waals surface area (Å²) < 4.78 is 2.67. The molecular formula is C25H26BrN2OS+. The first-order chi connectivity index (χ1) is 14.3. The third-order valence-electron chi connectivity index (χ3n) is 4.82. The Hall–Kier alpha value is -2.50. The van der Waals surface area contributed by atoms with Crippen LogP contribution in [-0.2, 0) is 12.0 Å². The van der Waals surface area contributed by atoms with Gasteiger partial charge < -0.3 is 10.4 Å². The van der Waals surface area contributed by atoms with Gasteiger partial charge in [0.1, 0.15) is 0 Å². The quantitative estimate of drug-likeness (QED) is 0.202. The minimum absolute atomic E-state index is 0.0412. The Morgan fingerprint density at radius 3 is 2.17 bits per heavy atom. The van der Waals surface area contributed by atoms with E-state index in [1.807, 2.05) is 71.6 Å². The molecule has 0 saturated carbocycles. The molecule has 0 aliphatic heterocycles. The van der Waals surface area contributed by atoms with Crippen molar-refractivity contribution >= 4 is 44.6 Å². The third-order valence-corrected chi connectivity index (χ3v) is 5.85. The van der Waals surface area contributed by atoms with Crippen LogP contribution >= 0.6 is 28.1 Å². The van der Waals surface area contributed by atoms with E-state index in [9.17, 15) is 5.11 Å². The normalized spacial score (nSPS) is 12.3. The molecule has 154 valence electrons. The first-order valence-corrected chi connectivity index (χ1v) is 11.0. The van der Waals surface area contributed by atoms with Crippen molar-refractivity contribution in [3.63, 3.8) is 0 Å². The number of pyridine rings is 1. The first-order valence-electron chi connectivity index (χ1n) is 9.80. The largest absolute Gasteiger partial charge is 0.502 e. The summed E-state index contributed by atoms with van der Waals surface area (Å²) in [7, 11) is 0. The fourth-order valence-electron chi connectivity index (χ4n) is 3.07. The van der Waals surface area contributed by atoms with E-state index in [0.29, 0.717) is 22.8 Å². The van der Waals surface area contributed by atoms with E-state index in [1.54, 1.807) is 0 Å². The highest BCUT2D eigenvalue weighted by atomic mass is 79.9. The van der Waals surface area contributed by atoms with Gasteiger partial charge in [0.05, 0.1) is 0 Å². The standard InChI is InChI=1S/C25H25BrN2OS/c1-25(2,3)19-13-15-28(16-14-19)22(23(29)20-11-7-8-12-21(20)26)24(30)27-17-18-9-5-4-6-10-18/h4-16H,17H2,1-3H3,(H-,27,29,30)/p+1. The van der Waals surface area contributed by atoms with Crippen molar-refractivity contribution in [3.8, 4) is 0 Å². The summed E-state index contributed by atoms with van der Waals surface area (Å²) in [5.41, 5.74) is 3.59. The molecule has 0 amide bonds. The van der Waals surface area contributed by atoms with Gasteiger partial charge in [-0.2, -0.15) is 4.57 Å². The maximum Gasteiger partial charge on any atom is 0.288 e. The number of aliphatic hydroxyl groups is 1. The van der Waals surface area contributed by atoms with Crippen LogP contribution in [0.25, 0.3) is 11.5 Å². The molecule has 2 aromatic carbocycles.